The first-order valence-electron chi connectivity index (χ1n) is 7.65. The molecule has 1 heterocycles. The van der Waals surface area contributed by atoms with Crippen LogP contribution in [0.1, 0.15) is 27.2 Å². The lowest BCUT2D eigenvalue weighted by Crippen LogP contribution is -2.21. The van der Waals surface area contributed by atoms with Crippen LogP contribution in [0.25, 0.3) is 0 Å². The van der Waals surface area contributed by atoms with Crippen molar-refractivity contribution in [3.63, 3.8) is 0 Å². The number of pyridine rings is 1. The van der Waals surface area contributed by atoms with Crippen LogP contribution >= 0.6 is 0 Å². The zero-order valence-corrected chi connectivity index (χ0v) is 13.3. The van der Waals surface area contributed by atoms with E-state index in [9.17, 15) is 4.79 Å². The van der Waals surface area contributed by atoms with Crippen molar-refractivity contribution in [1.29, 1.82) is 0 Å². The molecule has 1 amide bonds. The first kappa shape index (κ1) is 15.6. The summed E-state index contributed by atoms with van der Waals surface area (Å²) in [5.41, 5.74) is 6.51. The second kappa shape index (κ2) is 7.33. The van der Waals surface area contributed by atoms with Crippen molar-refractivity contribution >= 4 is 11.6 Å². The average molecular weight is 315 g/mol. The third-order valence-electron chi connectivity index (χ3n) is 3.54. The van der Waals surface area contributed by atoms with Gasteiger partial charge in [0.25, 0.3) is 5.91 Å². The predicted octanol–water partition coefficient (Wildman–Crippen LogP) is 3.57. The van der Waals surface area contributed by atoms with Gasteiger partial charge in [0.15, 0.2) is 0 Å². The number of aromatic nitrogens is 1. The molecule has 118 valence electrons. The van der Waals surface area contributed by atoms with Crippen molar-refractivity contribution in [2.75, 3.05) is 0 Å². The van der Waals surface area contributed by atoms with Crippen LogP contribution in [0.15, 0.2) is 84.1 Å². The quantitative estimate of drug-likeness (QED) is 0.591. The van der Waals surface area contributed by atoms with Crippen LogP contribution in [-0.4, -0.2) is 16.6 Å². The Kier molecular flexibility index (Phi) is 4.77. The fraction of sp³-hybridized carbons (Fsp3) is 0.0500. The van der Waals surface area contributed by atoms with Gasteiger partial charge < -0.3 is 0 Å². The summed E-state index contributed by atoms with van der Waals surface area (Å²) in [5, 5.41) is 4.32. The topological polar surface area (TPSA) is 54.4 Å². The van der Waals surface area contributed by atoms with Gasteiger partial charge in [-0.2, -0.15) is 5.10 Å². The number of benzene rings is 2. The Bertz CT molecular complexity index is 800. The molecule has 0 saturated carbocycles. The van der Waals surface area contributed by atoms with Gasteiger partial charge in [-0.1, -0.05) is 54.1 Å². The molecule has 1 N–H and O–H groups in total. The van der Waals surface area contributed by atoms with Crippen LogP contribution in [0, 0.1) is 6.92 Å². The number of hydrogen-bond donors (Lipinski definition) is 1. The molecule has 3 rings (SSSR count). The Morgan fingerprint density at radius 2 is 1.58 bits per heavy atom. The number of carbonyl (C=O) groups excluding carboxylic acids is 1. The van der Waals surface area contributed by atoms with E-state index in [-0.39, 0.29) is 5.91 Å². The van der Waals surface area contributed by atoms with E-state index in [4.69, 9.17) is 0 Å². The summed E-state index contributed by atoms with van der Waals surface area (Å²) in [6, 6.07) is 22.6. The maximum Gasteiger partial charge on any atom is 0.271 e. The number of hydrogen-bond acceptors (Lipinski definition) is 3. The van der Waals surface area contributed by atoms with Gasteiger partial charge in [-0.15, -0.1) is 0 Å². The molecule has 0 atom stereocenters. The number of aryl methyl sites for hydroxylation is 1. The number of carbonyl (C=O) groups is 1. The number of rotatable bonds is 4. The smallest absolute Gasteiger partial charge is 0.267 e. The Labute approximate surface area is 140 Å². The molecule has 4 nitrogen and oxygen atoms in total. The normalized spacial score (nSPS) is 11.1. The minimum absolute atomic E-state index is 0.251. The van der Waals surface area contributed by atoms with Crippen molar-refractivity contribution in [2.24, 2.45) is 5.10 Å². The minimum Gasteiger partial charge on any atom is -0.267 e. The van der Waals surface area contributed by atoms with Crippen LogP contribution < -0.4 is 5.43 Å². The van der Waals surface area contributed by atoms with Crippen molar-refractivity contribution in [3.8, 4) is 0 Å². The Morgan fingerprint density at radius 1 is 0.875 bits per heavy atom. The van der Waals surface area contributed by atoms with Crippen LogP contribution in [0.4, 0.5) is 0 Å². The molecule has 0 bridgehead atoms. The SMILES string of the molecule is Cc1ccc(C(=O)N/N=C(/c2ccccc2)c2ccccn2)cc1. The molecule has 0 saturated heterocycles. The lowest BCUT2D eigenvalue weighted by Gasteiger charge is -2.07. The van der Waals surface area contributed by atoms with Crippen LogP contribution in [0.3, 0.4) is 0 Å². The van der Waals surface area contributed by atoms with E-state index in [1.54, 1.807) is 18.3 Å². The third kappa shape index (κ3) is 3.73. The Hall–Kier alpha value is -3.27. The zero-order valence-electron chi connectivity index (χ0n) is 13.3. The predicted molar refractivity (Wildman–Crippen MR) is 95.0 cm³/mol. The Morgan fingerprint density at radius 3 is 2.25 bits per heavy atom. The van der Waals surface area contributed by atoms with Crippen molar-refractivity contribution in [1.82, 2.24) is 10.4 Å². The van der Waals surface area contributed by atoms with E-state index in [0.29, 0.717) is 17.0 Å². The fourth-order valence-electron chi connectivity index (χ4n) is 2.24. The van der Waals surface area contributed by atoms with Gasteiger partial charge in [0.1, 0.15) is 5.71 Å². The third-order valence-corrected chi connectivity index (χ3v) is 3.54. The lowest BCUT2D eigenvalue weighted by atomic mass is 10.1. The van der Waals surface area contributed by atoms with E-state index < -0.39 is 0 Å². The molecule has 0 aliphatic rings. The summed E-state index contributed by atoms with van der Waals surface area (Å²) < 4.78 is 0. The summed E-state index contributed by atoms with van der Waals surface area (Å²) >= 11 is 0. The first-order chi connectivity index (χ1) is 11.7. The lowest BCUT2D eigenvalue weighted by molar-refractivity contribution is 0.0955. The van der Waals surface area contributed by atoms with Gasteiger partial charge in [-0.25, -0.2) is 5.43 Å². The Balaban J connectivity index is 1.90. The number of hydrazone groups is 1. The molecule has 0 aliphatic heterocycles. The second-order valence-electron chi connectivity index (χ2n) is 5.35. The van der Waals surface area contributed by atoms with E-state index >= 15 is 0 Å². The van der Waals surface area contributed by atoms with Gasteiger partial charge in [0.05, 0.1) is 5.69 Å². The molecular formula is C20H17N3O. The molecule has 0 unspecified atom stereocenters. The summed E-state index contributed by atoms with van der Waals surface area (Å²) in [6.07, 6.45) is 1.70. The maximum absolute atomic E-state index is 12.3. The van der Waals surface area contributed by atoms with Gasteiger partial charge in [0.2, 0.25) is 0 Å². The number of amides is 1. The van der Waals surface area contributed by atoms with Gasteiger partial charge >= 0.3 is 0 Å². The van der Waals surface area contributed by atoms with Crippen molar-refractivity contribution in [3.05, 3.63) is 101 Å². The fourth-order valence-corrected chi connectivity index (χ4v) is 2.24. The highest BCUT2D eigenvalue weighted by Gasteiger charge is 2.10. The highest BCUT2D eigenvalue weighted by molar-refractivity contribution is 6.12. The zero-order chi connectivity index (χ0) is 16.8. The molecular weight excluding hydrogens is 298 g/mol. The number of nitrogens with one attached hydrogen (secondary N) is 1. The van der Waals surface area contributed by atoms with Gasteiger partial charge in [-0.05, 0) is 31.2 Å². The van der Waals surface area contributed by atoms with Gasteiger partial charge in [0, 0.05) is 17.3 Å². The molecule has 2 aromatic carbocycles. The van der Waals surface area contributed by atoms with Crippen molar-refractivity contribution < 1.29 is 4.79 Å². The van der Waals surface area contributed by atoms with Gasteiger partial charge in [-0.3, -0.25) is 9.78 Å². The number of nitrogens with zero attached hydrogens (tertiary/aromatic N) is 2. The van der Waals surface area contributed by atoms with E-state index in [0.717, 1.165) is 11.1 Å². The van der Waals surface area contributed by atoms with E-state index in [1.165, 1.54) is 0 Å². The molecule has 24 heavy (non-hydrogen) atoms. The van der Waals surface area contributed by atoms with Crippen LogP contribution in [0.2, 0.25) is 0 Å². The standard InChI is InChI=1S/C20H17N3O/c1-15-10-12-17(13-11-15)20(24)23-22-19(16-7-3-2-4-8-16)18-9-5-6-14-21-18/h2-14H,1H3,(H,23,24)/b22-19-. The molecule has 0 aliphatic carbocycles. The summed E-state index contributed by atoms with van der Waals surface area (Å²) in [5.74, 6) is -0.251. The minimum atomic E-state index is -0.251. The molecule has 0 radical (unpaired) electrons. The molecule has 0 fully saturated rings. The van der Waals surface area contributed by atoms with E-state index in [1.807, 2.05) is 67.6 Å². The monoisotopic (exact) mass is 315 g/mol. The summed E-state index contributed by atoms with van der Waals surface area (Å²) in [6.45, 7) is 1.98. The van der Waals surface area contributed by atoms with Crippen LogP contribution in [0.5, 0.6) is 0 Å². The van der Waals surface area contributed by atoms with Crippen LogP contribution in [-0.2, 0) is 0 Å². The second-order valence-corrected chi connectivity index (χ2v) is 5.35. The average Bonchev–Trinajstić information content (AvgIpc) is 2.64. The molecule has 3 aromatic rings. The summed E-state index contributed by atoms with van der Waals surface area (Å²) in [7, 11) is 0. The first-order valence-corrected chi connectivity index (χ1v) is 7.65. The largest absolute Gasteiger partial charge is 0.271 e. The highest BCUT2D eigenvalue weighted by atomic mass is 16.2. The molecule has 4 heteroatoms. The van der Waals surface area contributed by atoms with Crippen molar-refractivity contribution in [2.45, 2.75) is 6.92 Å². The molecule has 1 aromatic heterocycles. The molecule has 0 spiro atoms. The van der Waals surface area contributed by atoms with E-state index in [2.05, 4.69) is 15.5 Å². The highest BCUT2D eigenvalue weighted by Crippen LogP contribution is 2.09. The summed E-state index contributed by atoms with van der Waals surface area (Å²) in [4.78, 5) is 16.6. The maximum atomic E-state index is 12.3.